The van der Waals surface area contributed by atoms with E-state index in [1.54, 1.807) is 6.92 Å². The molecule has 0 aromatic heterocycles. The second-order valence-electron chi connectivity index (χ2n) is 4.82. The third-order valence-corrected chi connectivity index (χ3v) is 4.79. The lowest BCUT2D eigenvalue weighted by Crippen LogP contribution is -2.37. The first-order chi connectivity index (χ1) is 7.53. The Morgan fingerprint density at radius 3 is 2.50 bits per heavy atom. The minimum absolute atomic E-state index is 0.0209. The standard InChI is InChI=1S/C11H23NO3S/c1-10(7-8-13)12-16(14,15)9-11-5-3-2-4-6-11/h10-13H,2-9H2,1H3. The van der Waals surface area contributed by atoms with Gasteiger partial charge in [0.15, 0.2) is 0 Å². The van der Waals surface area contributed by atoms with E-state index in [-0.39, 0.29) is 18.4 Å². The summed E-state index contributed by atoms with van der Waals surface area (Å²) in [5, 5.41) is 8.72. The Hall–Kier alpha value is -0.130. The highest BCUT2D eigenvalue weighted by atomic mass is 32.2. The molecule has 0 aromatic rings. The average molecular weight is 249 g/mol. The molecule has 0 spiro atoms. The topological polar surface area (TPSA) is 66.4 Å². The smallest absolute Gasteiger partial charge is 0.212 e. The first-order valence-electron chi connectivity index (χ1n) is 6.14. The van der Waals surface area contributed by atoms with Gasteiger partial charge in [-0.25, -0.2) is 13.1 Å². The lowest BCUT2D eigenvalue weighted by Gasteiger charge is -2.22. The minimum Gasteiger partial charge on any atom is -0.396 e. The SMILES string of the molecule is CC(CCO)NS(=O)(=O)CC1CCCCC1. The van der Waals surface area contributed by atoms with Crippen molar-refractivity contribution in [3.8, 4) is 0 Å². The first-order valence-corrected chi connectivity index (χ1v) is 7.79. The molecule has 2 N–H and O–H groups in total. The van der Waals surface area contributed by atoms with Gasteiger partial charge in [-0.2, -0.15) is 0 Å². The Balaban J connectivity index is 2.38. The molecule has 0 bridgehead atoms. The molecule has 1 aliphatic rings. The highest BCUT2D eigenvalue weighted by Gasteiger charge is 2.22. The number of nitrogens with one attached hydrogen (secondary N) is 1. The summed E-state index contributed by atoms with van der Waals surface area (Å²) in [5.74, 6) is 0.579. The first kappa shape index (κ1) is 13.9. The lowest BCUT2D eigenvalue weighted by molar-refractivity contribution is 0.275. The summed E-state index contributed by atoms with van der Waals surface area (Å²) >= 11 is 0. The van der Waals surface area contributed by atoms with Gasteiger partial charge >= 0.3 is 0 Å². The molecule has 5 heteroatoms. The molecule has 1 rings (SSSR count). The van der Waals surface area contributed by atoms with Crippen LogP contribution in [0.2, 0.25) is 0 Å². The van der Waals surface area contributed by atoms with E-state index in [0.29, 0.717) is 12.3 Å². The fourth-order valence-electron chi connectivity index (χ4n) is 2.27. The highest BCUT2D eigenvalue weighted by molar-refractivity contribution is 7.89. The number of aliphatic hydroxyl groups excluding tert-OH is 1. The van der Waals surface area contributed by atoms with Crippen LogP contribution in [-0.2, 0) is 10.0 Å². The number of rotatable bonds is 6. The quantitative estimate of drug-likeness (QED) is 0.744. The van der Waals surface area contributed by atoms with Crippen molar-refractivity contribution in [1.82, 2.24) is 4.72 Å². The van der Waals surface area contributed by atoms with E-state index in [2.05, 4.69) is 4.72 Å². The fraction of sp³-hybridized carbons (Fsp3) is 1.00. The van der Waals surface area contributed by atoms with Gasteiger partial charge in [-0.3, -0.25) is 0 Å². The number of hydrogen-bond acceptors (Lipinski definition) is 3. The van der Waals surface area contributed by atoms with Crippen LogP contribution in [-0.4, -0.2) is 31.9 Å². The van der Waals surface area contributed by atoms with Crippen LogP contribution in [0.25, 0.3) is 0 Å². The van der Waals surface area contributed by atoms with Gasteiger partial charge in [-0.05, 0) is 32.1 Å². The summed E-state index contributed by atoms with van der Waals surface area (Å²) in [6.07, 6.45) is 6.11. The van der Waals surface area contributed by atoms with Gasteiger partial charge in [0.1, 0.15) is 0 Å². The predicted octanol–water partition coefficient (Wildman–Crippen LogP) is 1.26. The van der Waals surface area contributed by atoms with E-state index in [1.807, 2.05) is 0 Å². The second-order valence-corrected chi connectivity index (χ2v) is 6.62. The summed E-state index contributed by atoms with van der Waals surface area (Å²) in [5.41, 5.74) is 0. The Kier molecular flexibility index (Phi) is 5.72. The molecule has 0 radical (unpaired) electrons. The molecule has 0 aliphatic heterocycles. The summed E-state index contributed by atoms with van der Waals surface area (Å²) in [7, 11) is -3.16. The Bertz CT molecular complexity index is 284. The molecule has 1 unspecified atom stereocenters. The van der Waals surface area contributed by atoms with Crippen LogP contribution in [0.15, 0.2) is 0 Å². The summed E-state index contributed by atoms with van der Waals surface area (Å²) in [6.45, 7) is 1.81. The van der Waals surface area contributed by atoms with Crippen molar-refractivity contribution in [3.63, 3.8) is 0 Å². The zero-order chi connectivity index (χ0) is 12.0. The van der Waals surface area contributed by atoms with Crippen LogP contribution < -0.4 is 4.72 Å². The van der Waals surface area contributed by atoms with Crippen molar-refractivity contribution in [3.05, 3.63) is 0 Å². The van der Waals surface area contributed by atoms with Gasteiger partial charge in [0.25, 0.3) is 0 Å². The number of hydrogen-bond donors (Lipinski definition) is 2. The highest BCUT2D eigenvalue weighted by Crippen LogP contribution is 2.24. The Morgan fingerprint density at radius 1 is 1.31 bits per heavy atom. The molecule has 1 aliphatic carbocycles. The van der Waals surface area contributed by atoms with Crippen LogP contribution in [0, 0.1) is 5.92 Å². The largest absolute Gasteiger partial charge is 0.396 e. The van der Waals surface area contributed by atoms with E-state index in [1.165, 1.54) is 6.42 Å². The van der Waals surface area contributed by atoms with E-state index in [4.69, 9.17) is 5.11 Å². The van der Waals surface area contributed by atoms with Crippen molar-refractivity contribution in [2.24, 2.45) is 5.92 Å². The van der Waals surface area contributed by atoms with E-state index in [0.717, 1.165) is 25.7 Å². The predicted molar refractivity (Wildman–Crippen MR) is 64.7 cm³/mol. The van der Waals surface area contributed by atoms with Crippen molar-refractivity contribution in [2.45, 2.75) is 51.5 Å². The summed E-state index contributed by atoms with van der Waals surface area (Å²) in [4.78, 5) is 0. The van der Waals surface area contributed by atoms with Crippen molar-refractivity contribution >= 4 is 10.0 Å². The molecule has 0 saturated heterocycles. The molecule has 16 heavy (non-hydrogen) atoms. The van der Waals surface area contributed by atoms with Gasteiger partial charge in [-0.1, -0.05) is 19.3 Å². The monoisotopic (exact) mass is 249 g/mol. The maximum absolute atomic E-state index is 11.8. The normalized spacial score (nSPS) is 20.9. The van der Waals surface area contributed by atoms with Crippen molar-refractivity contribution in [1.29, 1.82) is 0 Å². The molecule has 0 amide bonds. The maximum Gasteiger partial charge on any atom is 0.212 e. The van der Waals surface area contributed by atoms with Crippen LogP contribution in [0.1, 0.15) is 45.4 Å². The second kappa shape index (κ2) is 6.57. The molecular formula is C11H23NO3S. The molecular weight excluding hydrogens is 226 g/mol. The molecule has 1 fully saturated rings. The molecule has 96 valence electrons. The number of sulfonamides is 1. The summed E-state index contributed by atoms with van der Waals surface area (Å²) < 4.78 is 26.2. The number of aliphatic hydroxyl groups is 1. The molecule has 1 atom stereocenters. The Morgan fingerprint density at radius 2 is 1.94 bits per heavy atom. The fourth-order valence-corrected chi connectivity index (χ4v) is 4.05. The van der Waals surface area contributed by atoms with E-state index in [9.17, 15) is 8.42 Å². The zero-order valence-corrected chi connectivity index (χ0v) is 10.8. The zero-order valence-electron chi connectivity index (χ0n) is 9.98. The third-order valence-electron chi connectivity index (χ3n) is 3.12. The van der Waals surface area contributed by atoms with Gasteiger partial charge < -0.3 is 5.11 Å². The van der Waals surface area contributed by atoms with Crippen molar-refractivity contribution in [2.75, 3.05) is 12.4 Å². The van der Waals surface area contributed by atoms with Crippen LogP contribution in [0.4, 0.5) is 0 Å². The lowest BCUT2D eigenvalue weighted by atomic mass is 9.91. The average Bonchev–Trinajstić information content (AvgIpc) is 2.17. The van der Waals surface area contributed by atoms with Crippen LogP contribution >= 0.6 is 0 Å². The molecule has 0 heterocycles. The maximum atomic E-state index is 11.8. The van der Waals surface area contributed by atoms with Crippen LogP contribution in [0.3, 0.4) is 0 Å². The Labute approximate surface area is 98.5 Å². The van der Waals surface area contributed by atoms with Gasteiger partial charge in [0.05, 0.1) is 5.75 Å². The minimum atomic E-state index is -3.16. The van der Waals surface area contributed by atoms with Gasteiger partial charge in [-0.15, -0.1) is 0 Å². The van der Waals surface area contributed by atoms with Crippen molar-refractivity contribution < 1.29 is 13.5 Å². The van der Waals surface area contributed by atoms with Gasteiger partial charge in [0, 0.05) is 12.6 Å². The van der Waals surface area contributed by atoms with E-state index < -0.39 is 10.0 Å². The summed E-state index contributed by atoms with van der Waals surface area (Å²) in [6, 6.07) is -0.168. The van der Waals surface area contributed by atoms with Crippen LogP contribution in [0.5, 0.6) is 0 Å². The van der Waals surface area contributed by atoms with Gasteiger partial charge in [0.2, 0.25) is 10.0 Å². The molecule has 4 nitrogen and oxygen atoms in total. The van der Waals surface area contributed by atoms with E-state index >= 15 is 0 Å². The molecule has 1 saturated carbocycles. The third kappa shape index (κ3) is 5.27. The molecule has 0 aromatic carbocycles.